The van der Waals surface area contributed by atoms with E-state index in [4.69, 9.17) is 5.11 Å². The Balaban J connectivity index is 1.72. The lowest BCUT2D eigenvalue weighted by Gasteiger charge is -2.37. The summed E-state index contributed by atoms with van der Waals surface area (Å²) in [5, 5.41) is 8.73. The molecular weight excluding hydrogens is 256 g/mol. The van der Waals surface area contributed by atoms with E-state index in [1.54, 1.807) is 0 Å². The summed E-state index contributed by atoms with van der Waals surface area (Å²) in [6.07, 6.45) is 5.20. The Bertz CT molecular complexity index is 345. The minimum Gasteiger partial charge on any atom is -0.481 e. The van der Waals surface area contributed by atoms with Gasteiger partial charge in [-0.1, -0.05) is 6.92 Å². The molecule has 2 saturated heterocycles. The molecule has 2 rings (SSSR count). The number of carbonyl (C=O) groups excluding carboxylic acids is 1. The highest BCUT2D eigenvalue weighted by molar-refractivity contribution is 5.77. The van der Waals surface area contributed by atoms with Crippen LogP contribution in [-0.2, 0) is 9.59 Å². The molecule has 1 unspecified atom stereocenters. The first-order chi connectivity index (χ1) is 9.56. The Morgan fingerprint density at radius 3 is 2.25 bits per heavy atom. The van der Waals surface area contributed by atoms with Crippen molar-refractivity contribution in [3.63, 3.8) is 0 Å². The first-order valence-corrected chi connectivity index (χ1v) is 7.80. The zero-order chi connectivity index (χ0) is 14.5. The van der Waals surface area contributed by atoms with Gasteiger partial charge in [0.05, 0.1) is 0 Å². The van der Waals surface area contributed by atoms with Gasteiger partial charge in [-0.2, -0.15) is 0 Å². The second-order valence-electron chi connectivity index (χ2n) is 6.26. The number of likely N-dealkylation sites (tertiary alicyclic amines) is 2. The molecule has 5 nitrogen and oxygen atoms in total. The van der Waals surface area contributed by atoms with Crippen molar-refractivity contribution in [1.29, 1.82) is 0 Å². The van der Waals surface area contributed by atoms with Crippen LogP contribution in [0.4, 0.5) is 0 Å². The second-order valence-corrected chi connectivity index (χ2v) is 6.26. The van der Waals surface area contributed by atoms with Crippen LogP contribution >= 0.6 is 0 Å². The van der Waals surface area contributed by atoms with Gasteiger partial charge in [0.1, 0.15) is 0 Å². The monoisotopic (exact) mass is 282 g/mol. The van der Waals surface area contributed by atoms with Crippen molar-refractivity contribution in [3.05, 3.63) is 0 Å². The number of piperidine rings is 1. The number of hydrogen-bond donors (Lipinski definition) is 1. The van der Waals surface area contributed by atoms with Crippen molar-refractivity contribution in [2.75, 3.05) is 26.2 Å². The van der Waals surface area contributed by atoms with Gasteiger partial charge in [-0.05, 0) is 44.7 Å². The van der Waals surface area contributed by atoms with E-state index in [1.807, 2.05) is 11.8 Å². The third kappa shape index (κ3) is 4.20. The lowest BCUT2D eigenvalue weighted by Crippen LogP contribution is -2.46. The maximum atomic E-state index is 12.1. The molecular formula is C15H26N2O3. The van der Waals surface area contributed by atoms with Gasteiger partial charge in [0.15, 0.2) is 0 Å². The van der Waals surface area contributed by atoms with Gasteiger partial charge < -0.3 is 14.9 Å². The van der Waals surface area contributed by atoms with Crippen LogP contribution in [0.15, 0.2) is 0 Å². The highest BCUT2D eigenvalue weighted by atomic mass is 16.4. The lowest BCUT2D eigenvalue weighted by atomic mass is 10.00. The van der Waals surface area contributed by atoms with Crippen LogP contribution in [0.2, 0.25) is 0 Å². The summed E-state index contributed by atoms with van der Waals surface area (Å²) >= 11 is 0. The fourth-order valence-electron chi connectivity index (χ4n) is 3.38. The second kappa shape index (κ2) is 7.07. The third-order valence-electron chi connectivity index (χ3n) is 4.52. The van der Waals surface area contributed by atoms with E-state index in [2.05, 4.69) is 4.90 Å². The average Bonchev–Trinajstić information content (AvgIpc) is 2.91. The molecule has 0 aromatic rings. The molecule has 5 heteroatoms. The fourth-order valence-corrected chi connectivity index (χ4v) is 3.38. The Morgan fingerprint density at radius 1 is 1.10 bits per heavy atom. The average molecular weight is 282 g/mol. The standard InChI is InChI=1S/C15H26N2O3/c1-12(11-15(19)20)10-14(18)17-8-4-13(5-9-17)16-6-2-3-7-16/h12-13H,2-11H2,1H3,(H,19,20). The van der Waals surface area contributed by atoms with Crippen LogP contribution in [0.1, 0.15) is 45.4 Å². The Kier molecular flexibility index (Phi) is 5.40. The molecule has 2 heterocycles. The molecule has 0 spiro atoms. The number of carbonyl (C=O) groups is 2. The van der Waals surface area contributed by atoms with Gasteiger partial charge in [-0.15, -0.1) is 0 Å². The van der Waals surface area contributed by atoms with Crippen molar-refractivity contribution in [2.24, 2.45) is 5.92 Å². The van der Waals surface area contributed by atoms with Crippen LogP contribution in [0, 0.1) is 5.92 Å². The summed E-state index contributed by atoms with van der Waals surface area (Å²) in [7, 11) is 0. The molecule has 0 saturated carbocycles. The SMILES string of the molecule is CC(CC(=O)O)CC(=O)N1CCC(N2CCCC2)CC1. The molecule has 1 N–H and O–H groups in total. The Morgan fingerprint density at radius 2 is 1.70 bits per heavy atom. The third-order valence-corrected chi connectivity index (χ3v) is 4.52. The molecule has 1 amide bonds. The van der Waals surface area contributed by atoms with E-state index < -0.39 is 5.97 Å². The molecule has 20 heavy (non-hydrogen) atoms. The molecule has 2 aliphatic rings. The number of carboxylic acids is 1. The number of carboxylic acid groups (broad SMARTS) is 1. The van der Waals surface area contributed by atoms with Gasteiger partial charge in [0.2, 0.25) is 5.91 Å². The van der Waals surface area contributed by atoms with Crippen LogP contribution < -0.4 is 0 Å². The summed E-state index contributed by atoms with van der Waals surface area (Å²) < 4.78 is 0. The highest BCUT2D eigenvalue weighted by Crippen LogP contribution is 2.22. The van der Waals surface area contributed by atoms with Crippen molar-refractivity contribution < 1.29 is 14.7 Å². The molecule has 0 aliphatic carbocycles. The minimum atomic E-state index is -0.821. The predicted molar refractivity (Wildman–Crippen MR) is 76.4 cm³/mol. The molecule has 0 aromatic heterocycles. The molecule has 0 radical (unpaired) electrons. The number of hydrogen-bond acceptors (Lipinski definition) is 3. The number of rotatable bonds is 5. The van der Waals surface area contributed by atoms with Crippen molar-refractivity contribution >= 4 is 11.9 Å². The maximum Gasteiger partial charge on any atom is 0.303 e. The van der Waals surface area contributed by atoms with E-state index in [1.165, 1.54) is 25.9 Å². The van der Waals surface area contributed by atoms with Crippen LogP contribution in [0.3, 0.4) is 0 Å². The Hall–Kier alpha value is -1.10. The first-order valence-electron chi connectivity index (χ1n) is 7.80. The fraction of sp³-hybridized carbons (Fsp3) is 0.867. The van der Waals surface area contributed by atoms with Gasteiger partial charge in [0.25, 0.3) is 0 Å². The first kappa shape index (κ1) is 15.3. The molecule has 114 valence electrons. The summed E-state index contributed by atoms with van der Waals surface area (Å²) in [5.41, 5.74) is 0. The Labute approximate surface area is 120 Å². The molecule has 1 atom stereocenters. The minimum absolute atomic E-state index is 0.0729. The molecule has 2 aliphatic heterocycles. The summed E-state index contributed by atoms with van der Waals surface area (Å²) in [6.45, 7) is 5.94. The maximum absolute atomic E-state index is 12.1. The summed E-state index contributed by atoms with van der Waals surface area (Å²) in [6, 6.07) is 0.651. The van der Waals surface area contributed by atoms with E-state index >= 15 is 0 Å². The number of aliphatic carboxylic acids is 1. The summed E-state index contributed by atoms with van der Waals surface area (Å²) in [5.74, 6) is -0.770. The topological polar surface area (TPSA) is 60.9 Å². The quantitative estimate of drug-likeness (QED) is 0.831. The molecule has 2 fully saturated rings. The van der Waals surface area contributed by atoms with Crippen LogP contribution in [0.25, 0.3) is 0 Å². The predicted octanol–water partition coefficient (Wildman–Crippen LogP) is 1.57. The van der Waals surface area contributed by atoms with Crippen molar-refractivity contribution in [3.8, 4) is 0 Å². The van der Waals surface area contributed by atoms with Crippen molar-refractivity contribution in [2.45, 2.75) is 51.5 Å². The smallest absolute Gasteiger partial charge is 0.303 e. The van der Waals surface area contributed by atoms with Gasteiger partial charge >= 0.3 is 5.97 Å². The lowest BCUT2D eigenvalue weighted by molar-refractivity contribution is -0.138. The molecule has 0 bridgehead atoms. The van der Waals surface area contributed by atoms with E-state index in [0.29, 0.717) is 12.5 Å². The van der Waals surface area contributed by atoms with Crippen LogP contribution in [0.5, 0.6) is 0 Å². The zero-order valence-electron chi connectivity index (χ0n) is 12.4. The van der Waals surface area contributed by atoms with E-state index in [9.17, 15) is 9.59 Å². The number of amides is 1. The van der Waals surface area contributed by atoms with Crippen molar-refractivity contribution in [1.82, 2.24) is 9.80 Å². The van der Waals surface area contributed by atoms with Gasteiger partial charge in [-0.3, -0.25) is 9.59 Å². The largest absolute Gasteiger partial charge is 0.481 e. The van der Waals surface area contributed by atoms with E-state index in [-0.39, 0.29) is 18.2 Å². The zero-order valence-corrected chi connectivity index (χ0v) is 12.4. The van der Waals surface area contributed by atoms with Gasteiger partial charge in [0, 0.05) is 32.0 Å². The van der Waals surface area contributed by atoms with Gasteiger partial charge in [-0.25, -0.2) is 0 Å². The normalized spacial score (nSPS) is 22.9. The highest BCUT2D eigenvalue weighted by Gasteiger charge is 2.28. The van der Waals surface area contributed by atoms with E-state index in [0.717, 1.165) is 25.9 Å². The number of nitrogens with zero attached hydrogens (tertiary/aromatic N) is 2. The summed E-state index contributed by atoms with van der Waals surface area (Å²) in [4.78, 5) is 27.3. The molecule has 0 aromatic carbocycles. The van der Waals surface area contributed by atoms with Crippen LogP contribution in [-0.4, -0.2) is 59.0 Å².